The van der Waals surface area contributed by atoms with Gasteiger partial charge in [-0.05, 0) is 49.4 Å². The van der Waals surface area contributed by atoms with Crippen molar-refractivity contribution in [3.63, 3.8) is 0 Å². The second-order valence-electron chi connectivity index (χ2n) is 7.13. The minimum Gasteiger partial charge on any atom is -0.495 e. The van der Waals surface area contributed by atoms with Crippen molar-refractivity contribution in [2.24, 2.45) is 0 Å². The lowest BCUT2D eigenvalue weighted by molar-refractivity contribution is -0.384. The Morgan fingerprint density at radius 3 is 2.52 bits per heavy atom. The molecule has 0 fully saturated rings. The van der Waals surface area contributed by atoms with Crippen molar-refractivity contribution in [1.29, 1.82) is 0 Å². The van der Waals surface area contributed by atoms with Crippen molar-refractivity contribution >= 4 is 28.2 Å². The highest BCUT2D eigenvalue weighted by Crippen LogP contribution is 2.31. The van der Waals surface area contributed by atoms with E-state index in [4.69, 9.17) is 14.5 Å². The van der Waals surface area contributed by atoms with Crippen LogP contribution in [0.25, 0.3) is 22.2 Å². The van der Waals surface area contributed by atoms with Gasteiger partial charge >= 0.3 is 0 Å². The van der Waals surface area contributed by atoms with Crippen LogP contribution in [-0.4, -0.2) is 29.5 Å². The lowest BCUT2D eigenvalue weighted by Gasteiger charge is -2.13. The Morgan fingerprint density at radius 2 is 1.82 bits per heavy atom. The van der Waals surface area contributed by atoms with Gasteiger partial charge in [0.15, 0.2) is 0 Å². The number of rotatable bonds is 7. The number of nitro benzene ring substituents is 1. The topological polar surface area (TPSA) is 104 Å². The molecule has 0 saturated carbocycles. The smallest absolute Gasteiger partial charge is 0.271 e. The molecule has 3 aromatic carbocycles. The third-order valence-electron chi connectivity index (χ3n) is 5.06. The summed E-state index contributed by atoms with van der Waals surface area (Å²) in [5.41, 5.74) is 2.54. The van der Waals surface area contributed by atoms with Crippen LogP contribution < -0.4 is 14.8 Å². The number of carbonyl (C=O) groups excluding carboxylic acids is 1. The fourth-order valence-corrected chi connectivity index (χ4v) is 3.50. The molecule has 0 radical (unpaired) electrons. The van der Waals surface area contributed by atoms with Gasteiger partial charge in [0, 0.05) is 23.1 Å². The number of pyridine rings is 1. The number of nitro groups is 1. The molecule has 0 aliphatic heterocycles. The summed E-state index contributed by atoms with van der Waals surface area (Å²) in [5.74, 6) is 0.636. The molecule has 1 heterocycles. The second-order valence-corrected chi connectivity index (χ2v) is 7.13. The number of carbonyl (C=O) groups is 1. The minimum atomic E-state index is -0.527. The molecule has 1 aromatic heterocycles. The first-order chi connectivity index (χ1) is 16.0. The van der Waals surface area contributed by atoms with Crippen LogP contribution >= 0.6 is 0 Å². The minimum absolute atomic E-state index is 0.152. The van der Waals surface area contributed by atoms with E-state index in [1.807, 2.05) is 55.5 Å². The van der Waals surface area contributed by atoms with Crippen molar-refractivity contribution in [1.82, 2.24) is 4.98 Å². The molecule has 0 unspecified atom stereocenters. The Labute approximate surface area is 189 Å². The Morgan fingerprint density at radius 1 is 1.06 bits per heavy atom. The van der Waals surface area contributed by atoms with E-state index in [-0.39, 0.29) is 11.4 Å². The number of aromatic nitrogens is 1. The van der Waals surface area contributed by atoms with E-state index in [1.165, 1.54) is 25.3 Å². The van der Waals surface area contributed by atoms with Gasteiger partial charge in [0.2, 0.25) is 0 Å². The summed E-state index contributed by atoms with van der Waals surface area (Å²) in [5, 5.41) is 14.6. The summed E-state index contributed by atoms with van der Waals surface area (Å²) < 4.78 is 10.8. The number of hydrogen-bond acceptors (Lipinski definition) is 6. The maximum Gasteiger partial charge on any atom is 0.271 e. The lowest BCUT2D eigenvalue weighted by Crippen LogP contribution is -2.14. The molecule has 0 aliphatic carbocycles. The lowest BCUT2D eigenvalue weighted by atomic mass is 10.0. The zero-order valence-corrected chi connectivity index (χ0v) is 18.1. The zero-order valence-electron chi connectivity index (χ0n) is 18.1. The maximum atomic E-state index is 13.3. The number of benzene rings is 3. The van der Waals surface area contributed by atoms with Gasteiger partial charge < -0.3 is 14.8 Å². The predicted molar refractivity (Wildman–Crippen MR) is 126 cm³/mol. The third-order valence-corrected chi connectivity index (χ3v) is 5.06. The summed E-state index contributed by atoms with van der Waals surface area (Å²) in [6.07, 6.45) is 0. The van der Waals surface area contributed by atoms with Gasteiger partial charge in [0.05, 0.1) is 41.1 Å². The molecule has 1 amide bonds. The van der Waals surface area contributed by atoms with Crippen molar-refractivity contribution in [3.05, 3.63) is 88.5 Å². The van der Waals surface area contributed by atoms with Crippen LogP contribution in [0.3, 0.4) is 0 Å². The number of nitrogens with zero attached hydrogens (tertiary/aromatic N) is 2. The van der Waals surface area contributed by atoms with E-state index in [2.05, 4.69) is 5.32 Å². The van der Waals surface area contributed by atoms with Gasteiger partial charge in [0.25, 0.3) is 11.6 Å². The Kier molecular flexibility index (Phi) is 6.17. The van der Waals surface area contributed by atoms with E-state index < -0.39 is 10.8 Å². The average molecular weight is 443 g/mol. The molecule has 4 rings (SSSR count). The van der Waals surface area contributed by atoms with Crippen LogP contribution in [0.4, 0.5) is 11.4 Å². The normalized spacial score (nSPS) is 10.6. The van der Waals surface area contributed by atoms with Crippen molar-refractivity contribution in [2.45, 2.75) is 6.92 Å². The van der Waals surface area contributed by atoms with Crippen LogP contribution in [-0.2, 0) is 0 Å². The van der Waals surface area contributed by atoms with Gasteiger partial charge in [-0.3, -0.25) is 14.9 Å². The van der Waals surface area contributed by atoms with Gasteiger partial charge in [-0.25, -0.2) is 4.98 Å². The quantitative estimate of drug-likeness (QED) is 0.300. The SMILES string of the molecule is CCOc1ccc(-c2cc(C(=O)Nc3cc([N+](=O)[O-])ccc3OC)c3ccccc3n2)cc1. The second kappa shape index (κ2) is 9.35. The van der Waals surface area contributed by atoms with Crippen molar-refractivity contribution < 1.29 is 19.2 Å². The first-order valence-electron chi connectivity index (χ1n) is 10.3. The molecule has 0 spiro atoms. The summed E-state index contributed by atoms with van der Waals surface area (Å²) in [7, 11) is 1.43. The summed E-state index contributed by atoms with van der Waals surface area (Å²) in [6.45, 7) is 2.49. The number of anilines is 1. The Bertz CT molecular complexity index is 1340. The molecule has 0 atom stereocenters. The number of amides is 1. The highest BCUT2D eigenvalue weighted by atomic mass is 16.6. The first kappa shape index (κ1) is 21.8. The molecule has 8 heteroatoms. The molecular weight excluding hydrogens is 422 g/mol. The number of ether oxygens (including phenoxy) is 2. The number of non-ortho nitro benzene ring substituents is 1. The third kappa shape index (κ3) is 4.59. The first-order valence-corrected chi connectivity index (χ1v) is 10.3. The van der Waals surface area contributed by atoms with Crippen molar-refractivity contribution in [2.75, 3.05) is 19.0 Å². The number of methoxy groups -OCH3 is 1. The Hall–Kier alpha value is -4.46. The largest absolute Gasteiger partial charge is 0.495 e. The molecule has 166 valence electrons. The van der Waals surface area contributed by atoms with Gasteiger partial charge in [-0.2, -0.15) is 0 Å². The molecule has 0 saturated heterocycles. The van der Waals surface area contributed by atoms with Crippen LogP contribution in [0.5, 0.6) is 11.5 Å². The van der Waals surface area contributed by atoms with Crippen LogP contribution in [0.1, 0.15) is 17.3 Å². The number of nitrogens with one attached hydrogen (secondary N) is 1. The van der Waals surface area contributed by atoms with Crippen molar-refractivity contribution in [3.8, 4) is 22.8 Å². The number of fused-ring (bicyclic) bond motifs is 1. The van der Waals surface area contributed by atoms with E-state index >= 15 is 0 Å². The summed E-state index contributed by atoms with van der Waals surface area (Å²) in [4.78, 5) is 28.7. The van der Waals surface area contributed by atoms with E-state index in [1.54, 1.807) is 6.07 Å². The predicted octanol–water partition coefficient (Wildman–Crippen LogP) is 5.47. The summed E-state index contributed by atoms with van der Waals surface area (Å²) in [6, 6.07) is 20.5. The number of para-hydroxylation sites is 1. The zero-order chi connectivity index (χ0) is 23.4. The molecule has 1 N–H and O–H groups in total. The molecule has 4 aromatic rings. The van der Waals surface area contributed by atoms with Gasteiger partial charge in [0.1, 0.15) is 11.5 Å². The number of hydrogen-bond donors (Lipinski definition) is 1. The average Bonchev–Trinajstić information content (AvgIpc) is 2.84. The highest BCUT2D eigenvalue weighted by molar-refractivity contribution is 6.13. The molecule has 8 nitrogen and oxygen atoms in total. The fraction of sp³-hybridized carbons (Fsp3) is 0.120. The molecular formula is C25H21N3O5. The van der Waals surface area contributed by atoms with Gasteiger partial charge in [-0.15, -0.1) is 0 Å². The van der Waals surface area contributed by atoms with Crippen LogP contribution in [0.15, 0.2) is 72.8 Å². The van der Waals surface area contributed by atoms with E-state index in [9.17, 15) is 14.9 Å². The standard InChI is InChI=1S/C25H21N3O5/c1-3-33-18-11-8-16(9-12-18)22-15-20(19-6-4-5-7-21(19)26-22)25(29)27-23-14-17(28(30)31)10-13-24(23)32-2/h4-15H,3H2,1-2H3,(H,27,29). The van der Waals surface area contributed by atoms with E-state index in [0.29, 0.717) is 34.5 Å². The molecule has 0 aliphatic rings. The molecule has 0 bridgehead atoms. The van der Waals surface area contributed by atoms with Gasteiger partial charge in [-0.1, -0.05) is 18.2 Å². The fourth-order valence-electron chi connectivity index (χ4n) is 3.50. The molecule has 33 heavy (non-hydrogen) atoms. The van der Waals surface area contributed by atoms with E-state index in [0.717, 1.165) is 11.3 Å². The van der Waals surface area contributed by atoms with Crippen LogP contribution in [0, 0.1) is 10.1 Å². The maximum absolute atomic E-state index is 13.3. The highest BCUT2D eigenvalue weighted by Gasteiger charge is 2.18. The Balaban J connectivity index is 1.76. The monoisotopic (exact) mass is 443 g/mol. The van der Waals surface area contributed by atoms with Crippen LogP contribution in [0.2, 0.25) is 0 Å². The summed E-state index contributed by atoms with van der Waals surface area (Å²) >= 11 is 0.